The van der Waals surface area contributed by atoms with Crippen molar-refractivity contribution < 1.29 is 18.5 Å². The van der Waals surface area contributed by atoms with Gasteiger partial charge in [0.1, 0.15) is 12.4 Å². The molecule has 0 spiro atoms. The molecule has 0 saturated carbocycles. The third kappa shape index (κ3) is 3.47. The van der Waals surface area contributed by atoms with E-state index in [4.69, 9.17) is 0 Å². The normalized spacial score (nSPS) is 20.8. The average Bonchev–Trinajstić information content (AvgIpc) is 2.95. The Morgan fingerprint density at radius 2 is 2.45 bits per heavy atom. The number of nitro groups is 1. The summed E-state index contributed by atoms with van der Waals surface area (Å²) < 4.78 is 27.1. The van der Waals surface area contributed by atoms with Crippen molar-refractivity contribution in [2.75, 3.05) is 13.1 Å². The summed E-state index contributed by atoms with van der Waals surface area (Å²) >= 11 is 0. The van der Waals surface area contributed by atoms with Crippen molar-refractivity contribution in [1.82, 2.24) is 20.4 Å². The number of aromatic nitrogens is 2. The number of carbonyl (C=O) groups excluding carboxylic acids is 1. The third-order valence-electron chi connectivity index (χ3n) is 2.90. The van der Waals surface area contributed by atoms with Gasteiger partial charge in [0, 0.05) is 13.0 Å². The van der Waals surface area contributed by atoms with E-state index in [0.717, 1.165) is 6.20 Å². The van der Waals surface area contributed by atoms with Gasteiger partial charge in [-0.05, 0) is 0 Å². The predicted molar refractivity (Wildman–Crippen MR) is 63.2 cm³/mol. The number of nitrogens with zero attached hydrogens (tertiary/aromatic N) is 3. The van der Waals surface area contributed by atoms with E-state index in [1.165, 1.54) is 10.9 Å². The molecule has 1 unspecified atom stereocenters. The van der Waals surface area contributed by atoms with Gasteiger partial charge in [0.25, 0.3) is 5.92 Å². The zero-order valence-corrected chi connectivity index (χ0v) is 10.4. The van der Waals surface area contributed by atoms with Crippen LogP contribution in [0.15, 0.2) is 12.4 Å². The van der Waals surface area contributed by atoms with E-state index in [1.807, 2.05) is 0 Å². The fourth-order valence-electron chi connectivity index (χ4n) is 1.89. The van der Waals surface area contributed by atoms with Crippen LogP contribution in [0.25, 0.3) is 0 Å². The van der Waals surface area contributed by atoms with Crippen LogP contribution >= 0.6 is 0 Å². The molecule has 1 atom stereocenters. The lowest BCUT2D eigenvalue weighted by molar-refractivity contribution is -0.385. The molecule has 2 rings (SSSR count). The van der Waals surface area contributed by atoms with Crippen LogP contribution in [0.3, 0.4) is 0 Å². The molecule has 1 aliphatic rings. The second-order valence-electron chi connectivity index (χ2n) is 4.50. The van der Waals surface area contributed by atoms with Crippen molar-refractivity contribution in [3.8, 4) is 0 Å². The lowest BCUT2D eigenvalue weighted by atomic mass is 10.2. The number of halogens is 2. The molecule has 1 aromatic heterocycles. The highest BCUT2D eigenvalue weighted by atomic mass is 19.3. The molecule has 2 heterocycles. The van der Waals surface area contributed by atoms with Crippen molar-refractivity contribution >= 4 is 11.6 Å². The maximum absolute atomic E-state index is 12.9. The van der Waals surface area contributed by atoms with Gasteiger partial charge in [0.15, 0.2) is 0 Å². The van der Waals surface area contributed by atoms with E-state index >= 15 is 0 Å². The quantitative estimate of drug-likeness (QED) is 0.582. The number of rotatable bonds is 5. The molecule has 1 saturated heterocycles. The van der Waals surface area contributed by atoms with E-state index in [9.17, 15) is 23.7 Å². The maximum atomic E-state index is 12.9. The van der Waals surface area contributed by atoms with Gasteiger partial charge < -0.3 is 5.32 Å². The van der Waals surface area contributed by atoms with Gasteiger partial charge in [0.2, 0.25) is 5.91 Å². The molecule has 1 amide bonds. The van der Waals surface area contributed by atoms with Gasteiger partial charge >= 0.3 is 5.69 Å². The van der Waals surface area contributed by atoms with Crippen LogP contribution < -0.4 is 10.6 Å². The number of nitrogens with one attached hydrogen (secondary N) is 2. The van der Waals surface area contributed by atoms with E-state index in [-0.39, 0.29) is 18.8 Å². The van der Waals surface area contributed by atoms with Crippen LogP contribution in [-0.4, -0.2) is 45.7 Å². The highest BCUT2D eigenvalue weighted by Crippen LogP contribution is 2.24. The second kappa shape index (κ2) is 5.49. The van der Waals surface area contributed by atoms with E-state index in [1.54, 1.807) is 0 Å². The summed E-state index contributed by atoms with van der Waals surface area (Å²) in [5.74, 6) is -3.37. The minimum Gasteiger partial charge on any atom is -0.353 e. The van der Waals surface area contributed by atoms with Gasteiger partial charge in [-0.2, -0.15) is 5.10 Å². The Morgan fingerprint density at radius 1 is 1.70 bits per heavy atom. The summed E-state index contributed by atoms with van der Waals surface area (Å²) in [6.45, 7) is -0.124. The molecule has 0 aromatic carbocycles. The Kier molecular flexibility index (Phi) is 3.93. The average molecular weight is 289 g/mol. The molecule has 10 heteroatoms. The fourth-order valence-corrected chi connectivity index (χ4v) is 1.89. The first-order valence-corrected chi connectivity index (χ1v) is 5.93. The lowest BCUT2D eigenvalue weighted by Crippen LogP contribution is -2.41. The van der Waals surface area contributed by atoms with Crippen molar-refractivity contribution in [2.24, 2.45) is 0 Å². The molecule has 0 aliphatic carbocycles. The van der Waals surface area contributed by atoms with Crippen LogP contribution in [-0.2, 0) is 11.3 Å². The Morgan fingerprint density at radius 3 is 3.00 bits per heavy atom. The summed E-state index contributed by atoms with van der Waals surface area (Å²) in [7, 11) is 0. The SMILES string of the molecule is O=C(NCCn1cc([N+](=O)[O-])cn1)C1CC(F)(F)CN1. The highest BCUT2D eigenvalue weighted by molar-refractivity contribution is 5.82. The summed E-state index contributed by atoms with van der Waals surface area (Å²) in [5.41, 5.74) is -0.145. The smallest absolute Gasteiger partial charge is 0.306 e. The molecule has 2 N–H and O–H groups in total. The van der Waals surface area contributed by atoms with E-state index in [0.29, 0.717) is 0 Å². The highest BCUT2D eigenvalue weighted by Gasteiger charge is 2.42. The van der Waals surface area contributed by atoms with E-state index in [2.05, 4.69) is 15.7 Å². The standard InChI is InChI=1S/C10H13F2N5O3/c11-10(12)3-8(14-6-10)9(18)13-1-2-16-5-7(4-15-16)17(19)20/h4-5,8,14H,1-3,6H2,(H,13,18). The summed E-state index contributed by atoms with van der Waals surface area (Å²) in [6.07, 6.45) is 1.81. The van der Waals surface area contributed by atoms with Crippen molar-refractivity contribution in [1.29, 1.82) is 0 Å². The summed E-state index contributed by atoms with van der Waals surface area (Å²) in [6, 6.07) is -0.906. The van der Waals surface area contributed by atoms with Crippen LogP contribution in [0, 0.1) is 10.1 Å². The van der Waals surface area contributed by atoms with Crippen molar-refractivity contribution in [3.05, 3.63) is 22.5 Å². The van der Waals surface area contributed by atoms with E-state index < -0.39 is 35.8 Å². The molecular weight excluding hydrogens is 276 g/mol. The number of alkyl halides is 2. The van der Waals surface area contributed by atoms with Crippen LogP contribution in [0.5, 0.6) is 0 Å². The van der Waals surface area contributed by atoms with Gasteiger partial charge in [-0.25, -0.2) is 8.78 Å². The monoisotopic (exact) mass is 289 g/mol. The first-order chi connectivity index (χ1) is 9.37. The third-order valence-corrected chi connectivity index (χ3v) is 2.90. The van der Waals surface area contributed by atoms with Gasteiger partial charge in [0.05, 0.1) is 24.1 Å². The fraction of sp³-hybridized carbons (Fsp3) is 0.600. The zero-order valence-electron chi connectivity index (χ0n) is 10.4. The zero-order chi connectivity index (χ0) is 14.8. The molecule has 1 fully saturated rings. The molecule has 20 heavy (non-hydrogen) atoms. The lowest BCUT2D eigenvalue weighted by Gasteiger charge is -2.11. The van der Waals surface area contributed by atoms with Gasteiger partial charge in [-0.3, -0.25) is 24.9 Å². The molecule has 1 aliphatic heterocycles. The number of carbonyl (C=O) groups is 1. The minimum absolute atomic E-state index is 0.145. The largest absolute Gasteiger partial charge is 0.353 e. The summed E-state index contributed by atoms with van der Waals surface area (Å²) in [4.78, 5) is 21.4. The molecule has 1 aromatic rings. The Bertz CT molecular complexity index is 519. The van der Waals surface area contributed by atoms with Crippen LogP contribution in [0.2, 0.25) is 0 Å². The van der Waals surface area contributed by atoms with Crippen LogP contribution in [0.1, 0.15) is 6.42 Å². The van der Waals surface area contributed by atoms with Crippen molar-refractivity contribution in [3.63, 3.8) is 0 Å². The number of hydrogen-bond acceptors (Lipinski definition) is 5. The molecular formula is C10H13F2N5O3. The Hall–Kier alpha value is -2.10. The number of amides is 1. The topological polar surface area (TPSA) is 102 Å². The first-order valence-electron chi connectivity index (χ1n) is 5.93. The first kappa shape index (κ1) is 14.3. The van der Waals surface area contributed by atoms with Crippen molar-refractivity contribution in [2.45, 2.75) is 24.9 Å². The second-order valence-corrected chi connectivity index (χ2v) is 4.50. The molecule has 8 nitrogen and oxygen atoms in total. The molecule has 110 valence electrons. The van der Waals surface area contributed by atoms with Crippen LogP contribution in [0.4, 0.5) is 14.5 Å². The van der Waals surface area contributed by atoms with Gasteiger partial charge in [-0.1, -0.05) is 0 Å². The molecule has 0 radical (unpaired) electrons. The number of hydrogen-bond donors (Lipinski definition) is 2. The minimum atomic E-state index is -2.86. The summed E-state index contributed by atoms with van der Waals surface area (Å²) in [5, 5.41) is 19.1. The predicted octanol–water partition coefficient (Wildman–Crippen LogP) is -0.0953. The van der Waals surface area contributed by atoms with Gasteiger partial charge in [-0.15, -0.1) is 0 Å². The maximum Gasteiger partial charge on any atom is 0.306 e. The Balaban J connectivity index is 1.75. The molecule has 0 bridgehead atoms. The Labute approximate surface area is 112 Å².